The van der Waals surface area contributed by atoms with Crippen molar-refractivity contribution in [3.63, 3.8) is 0 Å². The van der Waals surface area contributed by atoms with E-state index in [2.05, 4.69) is 10.3 Å². The van der Waals surface area contributed by atoms with Gasteiger partial charge in [-0.25, -0.2) is 18.6 Å². The Morgan fingerprint density at radius 3 is 2.75 bits per heavy atom. The molecular weight excluding hydrogens is 392 g/mol. The molecular formula is C18H13F2N3O4S. The number of hydrogen-bond acceptors (Lipinski definition) is 6. The van der Waals surface area contributed by atoms with Gasteiger partial charge in [-0.3, -0.25) is 10.1 Å². The van der Waals surface area contributed by atoms with Crippen LogP contribution in [0, 0.1) is 16.8 Å². The van der Waals surface area contributed by atoms with Crippen molar-refractivity contribution in [2.24, 2.45) is 0 Å². The van der Waals surface area contributed by atoms with Crippen LogP contribution >= 0.6 is 11.3 Å². The van der Waals surface area contributed by atoms with Crippen LogP contribution in [0.3, 0.4) is 0 Å². The summed E-state index contributed by atoms with van der Waals surface area (Å²) >= 11 is 1.06. The number of anilines is 1. The first-order valence-corrected chi connectivity index (χ1v) is 8.84. The summed E-state index contributed by atoms with van der Waals surface area (Å²) in [5.74, 6) is -3.58. The number of esters is 1. The molecule has 1 aromatic carbocycles. The SMILES string of the molecule is C[C@@H](OC(=O)c1cccc[n+]1[O-])C(=O)Nc1nc(-c2ccc(F)c(F)c2)cs1. The van der Waals surface area contributed by atoms with Gasteiger partial charge in [0.05, 0.1) is 5.69 Å². The number of rotatable bonds is 5. The largest absolute Gasteiger partial charge is 0.618 e. The summed E-state index contributed by atoms with van der Waals surface area (Å²) in [6, 6.07) is 7.56. The van der Waals surface area contributed by atoms with Gasteiger partial charge in [0, 0.05) is 23.1 Å². The van der Waals surface area contributed by atoms with Crippen LogP contribution < -0.4 is 10.0 Å². The van der Waals surface area contributed by atoms with Gasteiger partial charge in [-0.05, 0) is 31.2 Å². The van der Waals surface area contributed by atoms with Crippen molar-refractivity contribution in [1.82, 2.24) is 4.98 Å². The van der Waals surface area contributed by atoms with Crippen LogP contribution in [0.15, 0.2) is 48.0 Å². The molecule has 0 bridgehead atoms. The highest BCUT2D eigenvalue weighted by atomic mass is 32.1. The number of halogens is 2. The zero-order valence-electron chi connectivity index (χ0n) is 14.4. The normalized spacial score (nSPS) is 11.7. The van der Waals surface area contributed by atoms with Crippen molar-refractivity contribution in [1.29, 1.82) is 0 Å². The van der Waals surface area contributed by atoms with Crippen molar-refractivity contribution in [3.8, 4) is 11.3 Å². The van der Waals surface area contributed by atoms with Gasteiger partial charge in [-0.15, -0.1) is 11.3 Å². The summed E-state index contributed by atoms with van der Waals surface area (Å²) in [4.78, 5) is 28.3. The van der Waals surface area contributed by atoms with E-state index < -0.39 is 29.6 Å². The number of thiazole rings is 1. The average molecular weight is 405 g/mol. The molecule has 0 fully saturated rings. The number of amides is 1. The fourth-order valence-electron chi connectivity index (χ4n) is 2.19. The minimum atomic E-state index is -1.19. The van der Waals surface area contributed by atoms with Crippen molar-refractivity contribution >= 4 is 28.3 Å². The van der Waals surface area contributed by atoms with E-state index in [1.54, 1.807) is 5.38 Å². The predicted octanol–water partition coefficient (Wildman–Crippen LogP) is 2.91. The molecule has 144 valence electrons. The Morgan fingerprint density at radius 1 is 1.25 bits per heavy atom. The highest BCUT2D eigenvalue weighted by Gasteiger charge is 2.24. The van der Waals surface area contributed by atoms with Crippen molar-refractivity contribution in [2.75, 3.05) is 5.32 Å². The lowest BCUT2D eigenvalue weighted by atomic mass is 10.2. The fraction of sp³-hybridized carbons (Fsp3) is 0.111. The Hall–Kier alpha value is -3.40. The van der Waals surface area contributed by atoms with E-state index in [0.717, 1.165) is 29.7 Å². The number of carbonyl (C=O) groups is 2. The van der Waals surface area contributed by atoms with Crippen molar-refractivity contribution in [3.05, 3.63) is 70.5 Å². The molecule has 0 aliphatic heterocycles. The van der Waals surface area contributed by atoms with Crippen LogP contribution in [-0.4, -0.2) is 23.0 Å². The molecule has 1 atom stereocenters. The zero-order valence-corrected chi connectivity index (χ0v) is 15.2. The summed E-state index contributed by atoms with van der Waals surface area (Å²) in [6.45, 7) is 1.34. The molecule has 2 heterocycles. The Kier molecular flexibility index (Phi) is 5.59. The molecule has 7 nitrogen and oxygen atoms in total. The topological polar surface area (TPSA) is 95.2 Å². The molecule has 1 N–H and O–H groups in total. The molecule has 0 saturated heterocycles. The number of nitrogens with one attached hydrogen (secondary N) is 1. The van der Waals surface area contributed by atoms with E-state index in [9.17, 15) is 23.6 Å². The van der Waals surface area contributed by atoms with E-state index in [-0.39, 0.29) is 10.8 Å². The van der Waals surface area contributed by atoms with Crippen molar-refractivity contribution < 1.29 is 27.8 Å². The minimum absolute atomic E-state index is 0.186. The fourth-order valence-corrected chi connectivity index (χ4v) is 2.91. The maximum Gasteiger partial charge on any atom is 0.405 e. The molecule has 0 spiro atoms. The van der Waals surface area contributed by atoms with Crippen LogP contribution in [0.25, 0.3) is 11.3 Å². The Morgan fingerprint density at radius 2 is 2.04 bits per heavy atom. The molecule has 1 amide bonds. The third-order valence-electron chi connectivity index (χ3n) is 3.64. The summed E-state index contributed by atoms with van der Waals surface area (Å²) in [5, 5.41) is 15.8. The van der Waals surface area contributed by atoms with E-state index >= 15 is 0 Å². The predicted molar refractivity (Wildman–Crippen MR) is 96.4 cm³/mol. The first-order valence-electron chi connectivity index (χ1n) is 7.96. The molecule has 10 heteroatoms. The standard InChI is InChI=1S/C18H13F2N3O4S/c1-10(27-17(25)15-4-2-3-7-23(15)26)16(24)22-18-21-14(9-28-18)11-5-6-12(19)13(20)8-11/h2-10H,1H3,(H,21,22,24)/t10-/m1/s1. The number of aromatic nitrogens is 2. The molecule has 3 rings (SSSR count). The van der Waals surface area contributed by atoms with Gasteiger partial charge in [0.25, 0.3) is 5.91 Å². The average Bonchev–Trinajstić information content (AvgIpc) is 3.12. The van der Waals surface area contributed by atoms with Gasteiger partial charge < -0.3 is 9.94 Å². The second-order valence-corrected chi connectivity index (χ2v) is 6.47. The lowest BCUT2D eigenvalue weighted by Crippen LogP contribution is -2.37. The number of benzene rings is 1. The molecule has 0 aliphatic carbocycles. The highest BCUT2D eigenvalue weighted by molar-refractivity contribution is 7.14. The third kappa shape index (κ3) is 4.29. The summed E-state index contributed by atoms with van der Waals surface area (Å²) in [5.41, 5.74) is 0.441. The van der Waals surface area contributed by atoms with Crippen LogP contribution in [0.4, 0.5) is 13.9 Å². The van der Waals surface area contributed by atoms with Crippen LogP contribution in [0.1, 0.15) is 17.4 Å². The molecule has 3 aromatic rings. The molecule has 2 aromatic heterocycles. The first kappa shape index (κ1) is 19.4. The van der Waals surface area contributed by atoms with Crippen LogP contribution in [0.2, 0.25) is 0 Å². The number of pyridine rings is 1. The Balaban J connectivity index is 1.64. The number of carbonyl (C=O) groups excluding carboxylic acids is 2. The number of ether oxygens (including phenoxy) is 1. The summed E-state index contributed by atoms with van der Waals surface area (Å²) < 4.78 is 31.7. The third-order valence-corrected chi connectivity index (χ3v) is 4.39. The lowest BCUT2D eigenvalue weighted by molar-refractivity contribution is -0.608. The quantitative estimate of drug-likeness (QED) is 0.400. The highest BCUT2D eigenvalue weighted by Crippen LogP contribution is 2.26. The van der Waals surface area contributed by atoms with E-state index in [1.165, 1.54) is 31.2 Å². The molecule has 0 saturated carbocycles. The van der Waals surface area contributed by atoms with E-state index in [1.807, 2.05) is 0 Å². The molecule has 0 aliphatic rings. The summed E-state index contributed by atoms with van der Waals surface area (Å²) in [6.07, 6.45) is -0.0557. The van der Waals surface area contributed by atoms with Gasteiger partial charge in [-0.1, -0.05) is 0 Å². The van der Waals surface area contributed by atoms with Gasteiger partial charge in [0.15, 0.2) is 29.1 Å². The van der Waals surface area contributed by atoms with Gasteiger partial charge in [0.2, 0.25) is 0 Å². The minimum Gasteiger partial charge on any atom is -0.618 e. The smallest absolute Gasteiger partial charge is 0.405 e. The van der Waals surface area contributed by atoms with Crippen LogP contribution in [0.5, 0.6) is 0 Å². The second-order valence-electron chi connectivity index (χ2n) is 5.62. The number of nitrogens with zero attached hydrogens (tertiary/aromatic N) is 2. The van der Waals surface area contributed by atoms with Gasteiger partial charge >= 0.3 is 11.7 Å². The van der Waals surface area contributed by atoms with Gasteiger partial charge in [-0.2, -0.15) is 4.73 Å². The Bertz CT molecular complexity index is 1040. The van der Waals surface area contributed by atoms with Crippen molar-refractivity contribution in [2.45, 2.75) is 13.0 Å². The van der Waals surface area contributed by atoms with E-state index in [0.29, 0.717) is 16.0 Å². The zero-order chi connectivity index (χ0) is 20.3. The van der Waals surface area contributed by atoms with Gasteiger partial charge in [0.1, 0.15) is 0 Å². The van der Waals surface area contributed by atoms with E-state index in [4.69, 9.17) is 4.74 Å². The molecule has 0 radical (unpaired) electrons. The molecule has 28 heavy (non-hydrogen) atoms. The molecule has 0 unspecified atom stereocenters. The second kappa shape index (κ2) is 8.09. The monoisotopic (exact) mass is 405 g/mol. The summed E-state index contributed by atoms with van der Waals surface area (Å²) in [7, 11) is 0. The lowest BCUT2D eigenvalue weighted by Gasteiger charge is -2.11. The van der Waals surface area contributed by atoms with Crippen LogP contribution in [-0.2, 0) is 9.53 Å². The maximum atomic E-state index is 13.3. The first-order chi connectivity index (χ1) is 13.3. The maximum absolute atomic E-state index is 13.3. The Labute approximate surface area is 161 Å². The number of hydrogen-bond donors (Lipinski definition) is 1.